The van der Waals surface area contributed by atoms with Crippen LogP contribution >= 0.6 is 0 Å². The lowest BCUT2D eigenvalue weighted by atomic mass is 9.51. The van der Waals surface area contributed by atoms with Crippen molar-refractivity contribution in [2.24, 2.45) is 5.92 Å². The van der Waals surface area contributed by atoms with Crippen molar-refractivity contribution in [2.45, 2.75) is 49.5 Å². The van der Waals surface area contributed by atoms with Gasteiger partial charge in [0.2, 0.25) is 0 Å². The Morgan fingerprint density at radius 1 is 1.10 bits per heavy atom. The van der Waals surface area contributed by atoms with E-state index in [9.17, 15) is 4.79 Å². The molecule has 4 nitrogen and oxygen atoms in total. The van der Waals surface area contributed by atoms with E-state index in [4.69, 9.17) is 9.47 Å². The molecule has 1 heterocycles. The van der Waals surface area contributed by atoms with Crippen LogP contribution in [0, 0.1) is 5.92 Å². The first kappa shape index (κ1) is 21.6. The van der Waals surface area contributed by atoms with Crippen LogP contribution in [0.15, 0.2) is 66.7 Å². The third-order valence-corrected chi connectivity index (χ3v) is 7.46. The number of hydrogen-bond donors (Lipinski definition) is 1. The Balaban J connectivity index is 1.74. The van der Waals surface area contributed by atoms with E-state index in [0.717, 1.165) is 44.4 Å². The van der Waals surface area contributed by atoms with Crippen molar-refractivity contribution >= 4 is 5.97 Å². The summed E-state index contributed by atoms with van der Waals surface area (Å²) in [6, 6.07) is 19.2. The number of nitrogens with one attached hydrogen (secondary N) is 1. The minimum atomic E-state index is -0.289. The zero-order chi connectivity index (χ0) is 21.7. The number of ether oxygens (including phenoxy) is 2. The van der Waals surface area contributed by atoms with Crippen molar-refractivity contribution < 1.29 is 14.3 Å². The van der Waals surface area contributed by atoms with Crippen LogP contribution in [0.2, 0.25) is 0 Å². The standard InChI is InChI=1S/C27H33NO3/c1-30-23-11-6-10-22(20-23)26-15-7-16-27(28-19-18-26,24(26)12-13-25(29)31-2)17-14-21-8-4-3-5-9-21/h3-6,8-13,20,24,28H,7,14-19H2,1-2H3/b13-12+/t24-,26+,27+/m1/s1. The Bertz CT molecular complexity index is 911. The molecule has 0 spiro atoms. The van der Waals surface area contributed by atoms with E-state index in [-0.39, 0.29) is 22.8 Å². The van der Waals surface area contributed by atoms with Crippen LogP contribution in [0.4, 0.5) is 0 Å². The largest absolute Gasteiger partial charge is 0.497 e. The predicted molar refractivity (Wildman–Crippen MR) is 123 cm³/mol. The molecule has 1 saturated carbocycles. The summed E-state index contributed by atoms with van der Waals surface area (Å²) in [4.78, 5) is 12.0. The minimum Gasteiger partial charge on any atom is -0.497 e. The lowest BCUT2D eigenvalue weighted by Gasteiger charge is -2.59. The first-order valence-electron chi connectivity index (χ1n) is 11.3. The molecule has 31 heavy (non-hydrogen) atoms. The van der Waals surface area contributed by atoms with Crippen LogP contribution < -0.4 is 10.1 Å². The maximum absolute atomic E-state index is 12.0. The van der Waals surface area contributed by atoms with Crippen molar-refractivity contribution in [3.05, 3.63) is 77.9 Å². The third kappa shape index (κ3) is 4.27. The fourth-order valence-electron chi connectivity index (χ4n) is 5.97. The van der Waals surface area contributed by atoms with E-state index in [0.29, 0.717) is 0 Å². The van der Waals surface area contributed by atoms with Gasteiger partial charge in [0, 0.05) is 22.9 Å². The Kier molecular flexibility index (Phi) is 6.47. The molecular weight excluding hydrogens is 386 g/mol. The summed E-state index contributed by atoms with van der Waals surface area (Å²) in [6.45, 7) is 0.981. The molecule has 1 aliphatic carbocycles. The Hall–Kier alpha value is -2.59. The molecule has 2 aromatic carbocycles. The maximum Gasteiger partial charge on any atom is 0.330 e. The quantitative estimate of drug-likeness (QED) is 0.516. The predicted octanol–water partition coefficient (Wildman–Crippen LogP) is 4.83. The molecule has 2 aliphatic rings. The molecule has 3 atom stereocenters. The van der Waals surface area contributed by atoms with E-state index < -0.39 is 0 Å². The molecule has 2 bridgehead atoms. The number of fused-ring (bicyclic) bond motifs is 2. The average Bonchev–Trinajstić information content (AvgIpc) is 2.81. The van der Waals surface area contributed by atoms with Crippen LogP contribution in [0.25, 0.3) is 0 Å². The first-order valence-corrected chi connectivity index (χ1v) is 11.3. The molecule has 1 N–H and O–H groups in total. The smallest absolute Gasteiger partial charge is 0.330 e. The zero-order valence-corrected chi connectivity index (χ0v) is 18.6. The number of rotatable bonds is 7. The van der Waals surface area contributed by atoms with E-state index in [1.54, 1.807) is 13.2 Å². The van der Waals surface area contributed by atoms with Gasteiger partial charge < -0.3 is 14.8 Å². The van der Waals surface area contributed by atoms with Gasteiger partial charge in [-0.15, -0.1) is 0 Å². The summed E-state index contributed by atoms with van der Waals surface area (Å²) in [5, 5.41) is 3.91. The van der Waals surface area contributed by atoms with Crippen molar-refractivity contribution in [2.75, 3.05) is 20.8 Å². The van der Waals surface area contributed by atoms with Crippen LogP contribution in [0.1, 0.15) is 43.2 Å². The third-order valence-electron chi connectivity index (χ3n) is 7.46. The van der Waals surface area contributed by atoms with Gasteiger partial charge in [-0.05, 0) is 61.9 Å². The summed E-state index contributed by atoms with van der Waals surface area (Å²) in [5.41, 5.74) is 2.62. The topological polar surface area (TPSA) is 47.6 Å². The summed E-state index contributed by atoms with van der Waals surface area (Å²) >= 11 is 0. The van der Waals surface area contributed by atoms with Gasteiger partial charge in [-0.3, -0.25) is 0 Å². The van der Waals surface area contributed by atoms with Gasteiger partial charge >= 0.3 is 5.97 Å². The van der Waals surface area contributed by atoms with Gasteiger partial charge in [0.1, 0.15) is 5.75 Å². The highest BCUT2D eigenvalue weighted by Gasteiger charge is 2.55. The molecule has 0 radical (unpaired) electrons. The molecule has 0 amide bonds. The second-order valence-electron chi connectivity index (χ2n) is 8.92. The Morgan fingerprint density at radius 3 is 2.71 bits per heavy atom. The van der Waals surface area contributed by atoms with Gasteiger partial charge in [0.25, 0.3) is 0 Å². The number of piperidine rings is 1. The molecule has 0 unspecified atom stereocenters. The first-order chi connectivity index (χ1) is 15.1. The molecular formula is C27H33NO3. The summed E-state index contributed by atoms with van der Waals surface area (Å²) in [6.07, 6.45) is 10.3. The fraction of sp³-hybridized carbons (Fsp3) is 0.444. The van der Waals surface area contributed by atoms with Crippen molar-refractivity contribution in [1.82, 2.24) is 5.32 Å². The fourth-order valence-corrected chi connectivity index (χ4v) is 5.97. The molecule has 1 aliphatic heterocycles. The highest BCUT2D eigenvalue weighted by Crippen LogP contribution is 2.55. The number of hydrogen-bond acceptors (Lipinski definition) is 4. The number of benzene rings is 2. The Labute approximate surface area is 185 Å². The van der Waals surface area contributed by atoms with Crippen molar-refractivity contribution in [1.29, 1.82) is 0 Å². The van der Waals surface area contributed by atoms with Gasteiger partial charge in [0.05, 0.1) is 14.2 Å². The van der Waals surface area contributed by atoms with Gasteiger partial charge in [0.15, 0.2) is 0 Å². The highest BCUT2D eigenvalue weighted by atomic mass is 16.5. The highest BCUT2D eigenvalue weighted by molar-refractivity contribution is 5.81. The average molecular weight is 420 g/mol. The maximum atomic E-state index is 12.0. The number of methoxy groups -OCH3 is 2. The molecule has 2 fully saturated rings. The molecule has 4 rings (SSSR count). The lowest BCUT2D eigenvalue weighted by molar-refractivity contribution is -0.134. The number of carbonyl (C=O) groups is 1. The second kappa shape index (κ2) is 9.27. The number of carbonyl (C=O) groups excluding carboxylic acids is 1. The van der Waals surface area contributed by atoms with Crippen LogP contribution in [-0.2, 0) is 21.4 Å². The van der Waals surface area contributed by atoms with Gasteiger partial charge in [-0.2, -0.15) is 0 Å². The molecule has 1 saturated heterocycles. The van der Waals surface area contributed by atoms with Crippen molar-refractivity contribution in [3.63, 3.8) is 0 Å². The van der Waals surface area contributed by atoms with Gasteiger partial charge in [-0.1, -0.05) is 55.0 Å². The summed E-state index contributed by atoms with van der Waals surface area (Å²) in [5.74, 6) is 0.807. The van der Waals surface area contributed by atoms with E-state index >= 15 is 0 Å². The summed E-state index contributed by atoms with van der Waals surface area (Å²) < 4.78 is 10.5. The SMILES string of the molecule is COC(=O)/C=C/[C@H]1[C@@]2(CCc3ccccc3)CCC[C@@]1(c1cccc(OC)c1)CCN2. The summed E-state index contributed by atoms with van der Waals surface area (Å²) in [7, 11) is 3.16. The number of aryl methyl sites for hydroxylation is 1. The molecule has 0 aromatic heterocycles. The van der Waals surface area contributed by atoms with Gasteiger partial charge in [-0.25, -0.2) is 4.79 Å². The second-order valence-corrected chi connectivity index (χ2v) is 8.92. The lowest BCUT2D eigenvalue weighted by Crippen LogP contribution is -2.65. The van der Waals surface area contributed by atoms with Crippen molar-refractivity contribution in [3.8, 4) is 5.75 Å². The minimum absolute atomic E-state index is 0.0146. The molecule has 2 aromatic rings. The van der Waals surface area contributed by atoms with Crippen LogP contribution in [-0.4, -0.2) is 32.3 Å². The number of esters is 1. The van der Waals surface area contributed by atoms with E-state index in [1.165, 1.54) is 24.7 Å². The zero-order valence-electron chi connectivity index (χ0n) is 18.6. The normalized spacial score (nSPS) is 27.7. The van der Waals surface area contributed by atoms with E-state index in [1.807, 2.05) is 6.07 Å². The Morgan fingerprint density at radius 2 is 1.94 bits per heavy atom. The van der Waals surface area contributed by atoms with Crippen LogP contribution in [0.3, 0.4) is 0 Å². The monoisotopic (exact) mass is 419 g/mol. The van der Waals surface area contributed by atoms with Crippen LogP contribution in [0.5, 0.6) is 5.75 Å². The molecule has 164 valence electrons. The van der Waals surface area contributed by atoms with E-state index in [2.05, 4.69) is 59.9 Å². The molecule has 4 heteroatoms.